The summed E-state index contributed by atoms with van der Waals surface area (Å²) < 4.78 is 22.5. The fourth-order valence-corrected chi connectivity index (χ4v) is 2.68. The Kier molecular flexibility index (Phi) is 4.50. The number of sulfonamides is 1. The van der Waals surface area contributed by atoms with Crippen LogP contribution >= 0.6 is 0 Å². The van der Waals surface area contributed by atoms with Gasteiger partial charge in [0.1, 0.15) is 0 Å². The van der Waals surface area contributed by atoms with Crippen molar-refractivity contribution in [2.75, 3.05) is 11.1 Å². The number of nitrogens with two attached hydrogens (primary N) is 2. The molecule has 0 aromatic heterocycles. The molecule has 1 unspecified atom stereocenters. The number of hydrogen-bond acceptors (Lipinski definition) is 4. The van der Waals surface area contributed by atoms with Gasteiger partial charge >= 0.3 is 0 Å². The highest BCUT2D eigenvalue weighted by atomic mass is 32.2. The first kappa shape index (κ1) is 15.3. The second kappa shape index (κ2) is 6.15. The maximum atomic E-state index is 11.3. The Bertz CT molecular complexity index is 715. The van der Waals surface area contributed by atoms with E-state index in [0.29, 0.717) is 11.4 Å². The maximum absolute atomic E-state index is 11.3. The molecule has 0 fully saturated rings. The first-order valence-corrected chi connectivity index (χ1v) is 8.13. The van der Waals surface area contributed by atoms with Gasteiger partial charge in [-0.1, -0.05) is 30.3 Å². The van der Waals surface area contributed by atoms with Crippen molar-refractivity contribution in [2.24, 2.45) is 5.14 Å². The van der Waals surface area contributed by atoms with Crippen molar-refractivity contribution in [3.05, 3.63) is 54.1 Å². The third-order valence-electron chi connectivity index (χ3n) is 3.14. The van der Waals surface area contributed by atoms with E-state index in [0.717, 1.165) is 6.42 Å². The largest absolute Gasteiger partial charge is 0.397 e. The summed E-state index contributed by atoms with van der Waals surface area (Å²) in [6.45, 7) is 2.04. The van der Waals surface area contributed by atoms with E-state index in [1.54, 1.807) is 6.07 Å². The van der Waals surface area contributed by atoms with E-state index in [4.69, 9.17) is 10.9 Å². The molecular weight excluding hydrogens is 286 g/mol. The highest BCUT2D eigenvalue weighted by Gasteiger charge is 2.11. The molecule has 6 heteroatoms. The number of hydrogen-bond donors (Lipinski definition) is 3. The first-order chi connectivity index (χ1) is 9.86. The van der Waals surface area contributed by atoms with Crippen molar-refractivity contribution >= 4 is 21.4 Å². The van der Waals surface area contributed by atoms with E-state index in [1.807, 2.05) is 25.1 Å². The van der Waals surface area contributed by atoms with E-state index >= 15 is 0 Å². The molecule has 0 aliphatic heterocycles. The van der Waals surface area contributed by atoms with Crippen LogP contribution in [0.25, 0.3) is 0 Å². The summed E-state index contributed by atoms with van der Waals surface area (Å²) >= 11 is 0. The van der Waals surface area contributed by atoms with Gasteiger partial charge < -0.3 is 11.1 Å². The van der Waals surface area contributed by atoms with Crippen LogP contribution in [0.1, 0.15) is 12.5 Å². The van der Waals surface area contributed by atoms with Crippen molar-refractivity contribution in [3.8, 4) is 0 Å². The highest BCUT2D eigenvalue weighted by molar-refractivity contribution is 7.89. The van der Waals surface area contributed by atoms with Gasteiger partial charge in [0.05, 0.1) is 16.3 Å². The van der Waals surface area contributed by atoms with Crippen LogP contribution in [0.15, 0.2) is 53.4 Å². The lowest BCUT2D eigenvalue weighted by Gasteiger charge is -2.17. The summed E-state index contributed by atoms with van der Waals surface area (Å²) in [4.78, 5) is 0.0151. The highest BCUT2D eigenvalue weighted by Crippen LogP contribution is 2.23. The van der Waals surface area contributed by atoms with Crippen LogP contribution in [0.2, 0.25) is 0 Å². The Hall–Kier alpha value is -2.05. The van der Waals surface area contributed by atoms with E-state index in [1.165, 1.54) is 17.7 Å². The van der Waals surface area contributed by atoms with Crippen molar-refractivity contribution in [1.82, 2.24) is 0 Å². The van der Waals surface area contributed by atoms with Crippen molar-refractivity contribution in [3.63, 3.8) is 0 Å². The van der Waals surface area contributed by atoms with Gasteiger partial charge in [0.15, 0.2) is 0 Å². The van der Waals surface area contributed by atoms with Crippen LogP contribution in [0.4, 0.5) is 11.4 Å². The SMILES string of the molecule is CC(Cc1ccccc1)Nc1ccc(S(N)(=O)=O)cc1N. The molecule has 2 aromatic rings. The molecule has 0 saturated heterocycles. The number of benzene rings is 2. The number of nitrogens with one attached hydrogen (secondary N) is 1. The molecule has 5 N–H and O–H groups in total. The smallest absolute Gasteiger partial charge is 0.238 e. The Labute approximate surface area is 125 Å². The molecule has 0 bridgehead atoms. The van der Waals surface area contributed by atoms with Gasteiger partial charge in [0, 0.05) is 6.04 Å². The van der Waals surface area contributed by atoms with Gasteiger partial charge in [-0.15, -0.1) is 0 Å². The normalized spacial score (nSPS) is 12.9. The third kappa shape index (κ3) is 4.21. The molecule has 112 valence electrons. The summed E-state index contributed by atoms with van der Waals surface area (Å²) in [5.74, 6) is 0. The standard InChI is InChI=1S/C15H19N3O2S/c1-11(9-12-5-3-2-4-6-12)18-15-8-7-13(10-14(15)16)21(17,19)20/h2-8,10-11,18H,9,16H2,1H3,(H2,17,19,20). The topological polar surface area (TPSA) is 98.2 Å². The molecule has 0 spiro atoms. The summed E-state index contributed by atoms with van der Waals surface area (Å²) in [6, 6.07) is 14.7. The van der Waals surface area contributed by atoms with Crippen molar-refractivity contribution in [1.29, 1.82) is 0 Å². The Morgan fingerprint density at radius 2 is 1.81 bits per heavy atom. The Morgan fingerprint density at radius 3 is 2.38 bits per heavy atom. The quantitative estimate of drug-likeness (QED) is 0.735. The van der Waals surface area contributed by atoms with Gasteiger partial charge in [0.25, 0.3) is 0 Å². The average molecular weight is 305 g/mol. The minimum Gasteiger partial charge on any atom is -0.397 e. The molecular formula is C15H19N3O2S. The number of anilines is 2. The number of primary sulfonamides is 1. The van der Waals surface area contributed by atoms with Crippen molar-refractivity contribution < 1.29 is 8.42 Å². The second-order valence-corrected chi connectivity index (χ2v) is 6.59. The van der Waals surface area contributed by atoms with E-state index in [9.17, 15) is 8.42 Å². The monoisotopic (exact) mass is 305 g/mol. The van der Waals surface area contributed by atoms with Crippen LogP contribution in [-0.4, -0.2) is 14.5 Å². The molecule has 2 rings (SSSR count). The zero-order valence-corrected chi connectivity index (χ0v) is 12.6. The maximum Gasteiger partial charge on any atom is 0.238 e. The molecule has 0 radical (unpaired) electrons. The van der Waals surface area contributed by atoms with Gasteiger partial charge in [-0.05, 0) is 37.1 Å². The molecule has 1 atom stereocenters. The lowest BCUT2D eigenvalue weighted by Crippen LogP contribution is -2.19. The fourth-order valence-electron chi connectivity index (χ4n) is 2.13. The van der Waals surface area contributed by atoms with E-state index < -0.39 is 10.0 Å². The molecule has 5 nitrogen and oxygen atoms in total. The Morgan fingerprint density at radius 1 is 1.14 bits per heavy atom. The summed E-state index contributed by atoms with van der Waals surface area (Å²) in [5, 5.41) is 8.35. The van der Waals surface area contributed by atoms with Crippen LogP contribution in [0, 0.1) is 0 Å². The van der Waals surface area contributed by atoms with E-state index in [-0.39, 0.29) is 10.9 Å². The molecule has 0 aliphatic rings. The molecule has 0 amide bonds. The van der Waals surface area contributed by atoms with Crippen LogP contribution in [-0.2, 0) is 16.4 Å². The van der Waals surface area contributed by atoms with Gasteiger partial charge in [-0.3, -0.25) is 0 Å². The van der Waals surface area contributed by atoms with Gasteiger partial charge in [0.2, 0.25) is 10.0 Å². The minimum atomic E-state index is -3.73. The van der Waals surface area contributed by atoms with Crippen LogP contribution in [0.5, 0.6) is 0 Å². The zero-order chi connectivity index (χ0) is 15.5. The van der Waals surface area contributed by atoms with Gasteiger partial charge in [-0.25, -0.2) is 13.6 Å². The van der Waals surface area contributed by atoms with Gasteiger partial charge in [-0.2, -0.15) is 0 Å². The number of rotatable bonds is 5. The molecule has 21 heavy (non-hydrogen) atoms. The Balaban J connectivity index is 2.09. The summed E-state index contributed by atoms with van der Waals surface area (Å²) in [6.07, 6.45) is 0.844. The third-order valence-corrected chi connectivity index (χ3v) is 4.05. The predicted molar refractivity (Wildman–Crippen MR) is 85.5 cm³/mol. The summed E-state index contributed by atoms with van der Waals surface area (Å²) in [5.41, 5.74) is 8.16. The molecule has 2 aromatic carbocycles. The average Bonchev–Trinajstić information content (AvgIpc) is 2.41. The number of nitrogen functional groups attached to an aromatic ring is 1. The fraction of sp³-hybridized carbons (Fsp3) is 0.200. The van der Waals surface area contributed by atoms with Crippen molar-refractivity contribution in [2.45, 2.75) is 24.3 Å². The van der Waals surface area contributed by atoms with E-state index in [2.05, 4.69) is 17.4 Å². The van der Waals surface area contributed by atoms with Crippen LogP contribution < -0.4 is 16.2 Å². The molecule has 0 saturated carbocycles. The minimum absolute atomic E-state index is 0.0151. The summed E-state index contributed by atoms with van der Waals surface area (Å²) in [7, 11) is -3.73. The predicted octanol–water partition coefficient (Wildman–Crippen LogP) is 1.96. The zero-order valence-electron chi connectivity index (χ0n) is 11.8. The lowest BCUT2D eigenvalue weighted by atomic mass is 10.1. The lowest BCUT2D eigenvalue weighted by molar-refractivity contribution is 0.598. The first-order valence-electron chi connectivity index (χ1n) is 6.59. The molecule has 0 heterocycles. The second-order valence-electron chi connectivity index (χ2n) is 5.03. The molecule has 0 aliphatic carbocycles. The van der Waals surface area contributed by atoms with Crippen LogP contribution in [0.3, 0.4) is 0 Å².